The molecule has 1 aromatic rings. The van der Waals surface area contributed by atoms with Crippen LogP contribution >= 0.6 is 0 Å². The summed E-state index contributed by atoms with van der Waals surface area (Å²) in [5, 5.41) is 8.58. The highest BCUT2D eigenvalue weighted by Gasteiger charge is 2.14. The molecular formula is C14H18O3. The summed E-state index contributed by atoms with van der Waals surface area (Å²) < 4.78 is 0. The van der Waals surface area contributed by atoms with Crippen molar-refractivity contribution in [2.24, 2.45) is 0 Å². The Hall–Kier alpha value is -1.64. The molecular weight excluding hydrogens is 216 g/mol. The largest absolute Gasteiger partial charge is 0.481 e. The van der Waals surface area contributed by atoms with Gasteiger partial charge in [0.05, 0.1) is 6.42 Å². The van der Waals surface area contributed by atoms with Crippen molar-refractivity contribution >= 4 is 11.8 Å². The number of aryl methyl sites for hydroxylation is 1. The van der Waals surface area contributed by atoms with Crippen LogP contribution in [0.1, 0.15) is 45.5 Å². The van der Waals surface area contributed by atoms with Crippen LogP contribution in [0.4, 0.5) is 0 Å². The van der Waals surface area contributed by atoms with Gasteiger partial charge in [0.1, 0.15) is 0 Å². The minimum absolute atomic E-state index is 0.0676. The quantitative estimate of drug-likeness (QED) is 0.815. The Labute approximate surface area is 101 Å². The van der Waals surface area contributed by atoms with Crippen molar-refractivity contribution in [2.75, 3.05) is 0 Å². The van der Waals surface area contributed by atoms with Crippen molar-refractivity contribution < 1.29 is 14.7 Å². The highest BCUT2D eigenvalue weighted by atomic mass is 16.4. The van der Waals surface area contributed by atoms with Crippen molar-refractivity contribution in [3.63, 3.8) is 0 Å². The van der Waals surface area contributed by atoms with Crippen LogP contribution in [-0.2, 0) is 4.79 Å². The number of Topliss-reactive ketones (excluding diaryl/α,β-unsaturated/α-hetero) is 1. The highest BCUT2D eigenvalue weighted by molar-refractivity contribution is 5.99. The molecule has 0 radical (unpaired) electrons. The molecule has 0 atom stereocenters. The molecule has 3 heteroatoms. The Morgan fingerprint density at radius 1 is 1.00 bits per heavy atom. The molecule has 0 bridgehead atoms. The average molecular weight is 234 g/mol. The Morgan fingerprint density at radius 3 is 2.12 bits per heavy atom. The van der Waals surface area contributed by atoms with Gasteiger partial charge in [-0.05, 0) is 56.0 Å². The van der Waals surface area contributed by atoms with E-state index in [4.69, 9.17) is 5.11 Å². The molecule has 1 aromatic carbocycles. The molecule has 1 rings (SSSR count). The van der Waals surface area contributed by atoms with Crippen molar-refractivity contribution in [1.29, 1.82) is 0 Å². The lowest BCUT2D eigenvalue weighted by molar-refractivity contribution is -0.136. The molecule has 0 saturated carbocycles. The third-order valence-electron chi connectivity index (χ3n) is 3.35. The SMILES string of the molecule is Cc1cc(C(=O)CCC(=O)O)c(C)c(C)c1C. The van der Waals surface area contributed by atoms with Gasteiger partial charge in [-0.2, -0.15) is 0 Å². The predicted molar refractivity (Wildman–Crippen MR) is 66.6 cm³/mol. The number of carbonyl (C=O) groups excluding carboxylic acids is 1. The Morgan fingerprint density at radius 2 is 1.59 bits per heavy atom. The monoisotopic (exact) mass is 234 g/mol. The molecule has 0 unspecified atom stereocenters. The van der Waals surface area contributed by atoms with E-state index < -0.39 is 5.97 Å². The molecule has 3 nitrogen and oxygen atoms in total. The van der Waals surface area contributed by atoms with Gasteiger partial charge in [-0.15, -0.1) is 0 Å². The minimum Gasteiger partial charge on any atom is -0.481 e. The van der Waals surface area contributed by atoms with Gasteiger partial charge in [0, 0.05) is 12.0 Å². The van der Waals surface area contributed by atoms with E-state index in [9.17, 15) is 9.59 Å². The molecule has 0 aliphatic carbocycles. The summed E-state index contributed by atoms with van der Waals surface area (Å²) in [5.41, 5.74) is 5.00. The van der Waals surface area contributed by atoms with Crippen molar-refractivity contribution in [3.8, 4) is 0 Å². The molecule has 92 valence electrons. The van der Waals surface area contributed by atoms with E-state index in [-0.39, 0.29) is 18.6 Å². The van der Waals surface area contributed by atoms with Crippen LogP contribution in [0.25, 0.3) is 0 Å². The smallest absolute Gasteiger partial charge is 0.303 e. The molecule has 1 N–H and O–H groups in total. The molecule has 0 aromatic heterocycles. The van der Waals surface area contributed by atoms with Crippen molar-refractivity contribution in [2.45, 2.75) is 40.5 Å². The van der Waals surface area contributed by atoms with Gasteiger partial charge in [0.25, 0.3) is 0 Å². The van der Waals surface area contributed by atoms with Crippen LogP contribution in [0.5, 0.6) is 0 Å². The first-order chi connectivity index (χ1) is 7.84. The number of carboxylic acid groups (broad SMARTS) is 1. The summed E-state index contributed by atoms with van der Waals surface area (Å²) in [6.07, 6.45) is -0.0393. The molecule has 0 fully saturated rings. The third kappa shape index (κ3) is 2.93. The van der Waals surface area contributed by atoms with Gasteiger partial charge < -0.3 is 5.11 Å². The lowest BCUT2D eigenvalue weighted by atomic mass is 9.91. The summed E-state index contributed by atoms with van der Waals surface area (Å²) in [6, 6.07) is 1.86. The Balaban J connectivity index is 3.06. The zero-order chi connectivity index (χ0) is 13.2. The van der Waals surface area contributed by atoms with Gasteiger partial charge >= 0.3 is 5.97 Å². The van der Waals surface area contributed by atoms with Gasteiger partial charge in [-0.3, -0.25) is 9.59 Å². The van der Waals surface area contributed by atoms with Gasteiger partial charge in [0.15, 0.2) is 5.78 Å². The second kappa shape index (κ2) is 5.13. The van der Waals surface area contributed by atoms with Crippen molar-refractivity contribution in [3.05, 3.63) is 33.9 Å². The fourth-order valence-electron chi connectivity index (χ4n) is 1.86. The standard InChI is InChI=1S/C14H18O3/c1-8-7-12(11(4)10(3)9(8)2)13(15)5-6-14(16)17/h7H,5-6H2,1-4H3,(H,16,17). The van der Waals surface area contributed by atoms with E-state index >= 15 is 0 Å². The summed E-state index contributed by atoms with van der Waals surface area (Å²) in [5.74, 6) is -1.02. The van der Waals surface area contributed by atoms with E-state index in [0.717, 1.165) is 16.7 Å². The van der Waals surface area contributed by atoms with Crippen molar-refractivity contribution in [1.82, 2.24) is 0 Å². The summed E-state index contributed by atoms with van der Waals surface area (Å²) in [4.78, 5) is 22.4. The second-order valence-corrected chi connectivity index (χ2v) is 4.43. The Bertz CT molecular complexity index is 473. The van der Waals surface area contributed by atoms with Crippen LogP contribution in [0.2, 0.25) is 0 Å². The first kappa shape index (κ1) is 13.4. The van der Waals surface area contributed by atoms with Crippen LogP contribution < -0.4 is 0 Å². The predicted octanol–water partition coefficient (Wildman–Crippen LogP) is 2.97. The number of aliphatic carboxylic acids is 1. The minimum atomic E-state index is -0.934. The number of carbonyl (C=O) groups is 2. The topological polar surface area (TPSA) is 54.4 Å². The Kier molecular flexibility index (Phi) is 4.05. The fraction of sp³-hybridized carbons (Fsp3) is 0.429. The van der Waals surface area contributed by atoms with E-state index in [1.54, 1.807) is 0 Å². The molecule has 0 spiro atoms. The summed E-state index contributed by atoms with van der Waals surface area (Å²) >= 11 is 0. The number of ketones is 1. The maximum atomic E-state index is 11.9. The first-order valence-corrected chi connectivity index (χ1v) is 5.67. The number of rotatable bonds is 4. The van der Waals surface area contributed by atoms with E-state index in [1.165, 1.54) is 5.56 Å². The number of carboxylic acids is 1. The zero-order valence-electron chi connectivity index (χ0n) is 10.8. The number of benzene rings is 1. The second-order valence-electron chi connectivity index (χ2n) is 4.43. The molecule has 0 saturated heterocycles. The average Bonchev–Trinajstić information content (AvgIpc) is 2.28. The summed E-state index contributed by atoms with van der Waals surface area (Å²) in [7, 11) is 0. The van der Waals surface area contributed by atoms with E-state index in [0.29, 0.717) is 5.56 Å². The normalized spacial score (nSPS) is 10.4. The third-order valence-corrected chi connectivity index (χ3v) is 3.35. The van der Waals surface area contributed by atoms with Crippen LogP contribution in [0, 0.1) is 27.7 Å². The van der Waals surface area contributed by atoms with Gasteiger partial charge in [-0.25, -0.2) is 0 Å². The molecule has 17 heavy (non-hydrogen) atoms. The van der Waals surface area contributed by atoms with Crippen LogP contribution in [0.3, 0.4) is 0 Å². The summed E-state index contributed by atoms with van der Waals surface area (Å²) in [6.45, 7) is 7.90. The molecule has 0 amide bonds. The van der Waals surface area contributed by atoms with E-state index in [1.807, 2.05) is 33.8 Å². The lowest BCUT2D eigenvalue weighted by Crippen LogP contribution is -2.08. The lowest BCUT2D eigenvalue weighted by Gasteiger charge is -2.13. The van der Waals surface area contributed by atoms with Crippen LogP contribution in [-0.4, -0.2) is 16.9 Å². The molecule has 0 aliphatic heterocycles. The first-order valence-electron chi connectivity index (χ1n) is 5.67. The number of hydrogen-bond acceptors (Lipinski definition) is 2. The molecule has 0 heterocycles. The van der Waals surface area contributed by atoms with Crippen LogP contribution in [0.15, 0.2) is 6.07 Å². The van der Waals surface area contributed by atoms with E-state index in [2.05, 4.69) is 0 Å². The number of hydrogen-bond donors (Lipinski definition) is 1. The maximum absolute atomic E-state index is 11.9. The highest BCUT2D eigenvalue weighted by Crippen LogP contribution is 2.22. The van der Waals surface area contributed by atoms with Gasteiger partial charge in [-0.1, -0.05) is 0 Å². The fourth-order valence-corrected chi connectivity index (χ4v) is 1.86. The maximum Gasteiger partial charge on any atom is 0.303 e. The zero-order valence-corrected chi connectivity index (χ0v) is 10.8. The molecule has 0 aliphatic rings. The van der Waals surface area contributed by atoms with Gasteiger partial charge in [0.2, 0.25) is 0 Å².